The third-order valence-electron chi connectivity index (χ3n) is 2.46. The van der Waals surface area contributed by atoms with Crippen molar-refractivity contribution in [3.63, 3.8) is 0 Å². The molecule has 0 aromatic heterocycles. The van der Waals surface area contributed by atoms with Gasteiger partial charge < -0.3 is 10.6 Å². The molecule has 0 aliphatic rings. The molecule has 1 aromatic rings. The molecule has 0 saturated heterocycles. The lowest BCUT2D eigenvalue weighted by atomic mass is 10.1. The number of carbonyl (C=O) groups excluding carboxylic acids is 2. The molecule has 0 radical (unpaired) electrons. The molecular formula is C15H18N2O2. The average Bonchev–Trinajstić information content (AvgIpc) is 2.45. The summed E-state index contributed by atoms with van der Waals surface area (Å²) in [4.78, 5) is 22.8. The van der Waals surface area contributed by atoms with Crippen LogP contribution in [0.5, 0.6) is 0 Å². The number of hydrogen-bond acceptors (Lipinski definition) is 2. The molecule has 0 fully saturated rings. The van der Waals surface area contributed by atoms with Crippen molar-refractivity contribution in [3.05, 3.63) is 53.6 Å². The first-order chi connectivity index (χ1) is 9.17. The zero-order valence-electron chi connectivity index (χ0n) is 11.1. The molecule has 2 N–H and O–H groups in total. The molecule has 100 valence electrons. The van der Waals surface area contributed by atoms with Gasteiger partial charge in [0.25, 0.3) is 5.91 Å². The predicted molar refractivity (Wildman–Crippen MR) is 76.7 cm³/mol. The van der Waals surface area contributed by atoms with E-state index in [1.165, 1.54) is 6.08 Å². The van der Waals surface area contributed by atoms with Crippen LogP contribution in [0, 0.1) is 0 Å². The Bertz CT molecular complexity index is 487. The van der Waals surface area contributed by atoms with Gasteiger partial charge >= 0.3 is 0 Å². The van der Waals surface area contributed by atoms with Crippen LogP contribution in [0.4, 0.5) is 0 Å². The summed E-state index contributed by atoms with van der Waals surface area (Å²) in [6.45, 7) is 2.42. The molecule has 1 aromatic carbocycles. The van der Waals surface area contributed by atoms with E-state index >= 15 is 0 Å². The summed E-state index contributed by atoms with van der Waals surface area (Å²) >= 11 is 0. The second kappa shape index (κ2) is 7.87. The van der Waals surface area contributed by atoms with Crippen LogP contribution < -0.4 is 10.6 Å². The van der Waals surface area contributed by atoms with Crippen molar-refractivity contribution in [2.24, 2.45) is 0 Å². The zero-order valence-corrected chi connectivity index (χ0v) is 11.1. The van der Waals surface area contributed by atoms with Crippen LogP contribution in [0.2, 0.25) is 0 Å². The Labute approximate surface area is 113 Å². The van der Waals surface area contributed by atoms with E-state index < -0.39 is 0 Å². The van der Waals surface area contributed by atoms with E-state index in [0.717, 1.165) is 5.56 Å². The summed E-state index contributed by atoms with van der Waals surface area (Å²) < 4.78 is 0. The van der Waals surface area contributed by atoms with Gasteiger partial charge in [0.1, 0.15) is 0 Å². The molecule has 2 amide bonds. The van der Waals surface area contributed by atoms with Crippen molar-refractivity contribution in [3.8, 4) is 0 Å². The van der Waals surface area contributed by atoms with Crippen molar-refractivity contribution in [2.45, 2.75) is 6.92 Å². The lowest BCUT2D eigenvalue weighted by molar-refractivity contribution is -0.116. The molecule has 0 atom stereocenters. The molecule has 19 heavy (non-hydrogen) atoms. The highest BCUT2D eigenvalue weighted by atomic mass is 16.2. The number of benzene rings is 1. The van der Waals surface area contributed by atoms with Gasteiger partial charge in [0.05, 0.1) is 0 Å². The van der Waals surface area contributed by atoms with Gasteiger partial charge in [0, 0.05) is 25.2 Å². The Morgan fingerprint density at radius 1 is 1.21 bits per heavy atom. The highest BCUT2D eigenvalue weighted by Crippen LogP contribution is 2.06. The monoisotopic (exact) mass is 258 g/mol. The Kier molecular flexibility index (Phi) is 6.09. The first-order valence-corrected chi connectivity index (χ1v) is 6.06. The van der Waals surface area contributed by atoms with Crippen LogP contribution in [-0.4, -0.2) is 25.4 Å². The van der Waals surface area contributed by atoms with Crippen LogP contribution in [0.25, 0.3) is 6.08 Å². The lowest BCUT2D eigenvalue weighted by Crippen LogP contribution is -2.20. The topological polar surface area (TPSA) is 58.2 Å². The summed E-state index contributed by atoms with van der Waals surface area (Å²) in [6, 6.07) is 7.02. The molecule has 0 heterocycles. The van der Waals surface area contributed by atoms with Gasteiger partial charge in [-0.25, -0.2) is 0 Å². The summed E-state index contributed by atoms with van der Waals surface area (Å²) in [6.07, 6.45) is 6.92. The van der Waals surface area contributed by atoms with E-state index in [0.29, 0.717) is 12.1 Å². The largest absolute Gasteiger partial charge is 0.355 e. The van der Waals surface area contributed by atoms with Crippen molar-refractivity contribution in [2.75, 3.05) is 13.6 Å². The van der Waals surface area contributed by atoms with Gasteiger partial charge in [-0.15, -0.1) is 0 Å². The molecule has 0 unspecified atom stereocenters. The fourth-order valence-corrected chi connectivity index (χ4v) is 1.40. The van der Waals surface area contributed by atoms with E-state index in [9.17, 15) is 9.59 Å². The Hall–Kier alpha value is -2.36. The summed E-state index contributed by atoms with van der Waals surface area (Å²) in [7, 11) is 1.59. The van der Waals surface area contributed by atoms with Crippen LogP contribution in [0.3, 0.4) is 0 Å². The van der Waals surface area contributed by atoms with Crippen molar-refractivity contribution in [1.29, 1.82) is 0 Å². The SMILES string of the molecule is C/C=C/CNC(=O)/C=C/c1ccc(C(=O)NC)cc1. The van der Waals surface area contributed by atoms with Crippen LogP contribution in [-0.2, 0) is 4.79 Å². The highest BCUT2D eigenvalue weighted by Gasteiger charge is 2.01. The molecular weight excluding hydrogens is 240 g/mol. The number of nitrogens with one attached hydrogen (secondary N) is 2. The minimum Gasteiger partial charge on any atom is -0.355 e. The van der Waals surface area contributed by atoms with Gasteiger partial charge in [0.15, 0.2) is 0 Å². The molecule has 0 bridgehead atoms. The number of amides is 2. The lowest BCUT2D eigenvalue weighted by Gasteiger charge is -2.00. The standard InChI is InChI=1S/C15H18N2O2/c1-3-4-11-17-14(18)10-7-12-5-8-13(9-6-12)15(19)16-2/h3-10H,11H2,1-2H3,(H,16,19)(H,17,18)/b4-3+,10-7+. The first kappa shape index (κ1) is 14.7. The van der Waals surface area contributed by atoms with Gasteiger partial charge in [-0.3, -0.25) is 9.59 Å². The molecule has 0 aliphatic carbocycles. The van der Waals surface area contributed by atoms with Gasteiger partial charge in [0.2, 0.25) is 5.91 Å². The van der Waals surface area contributed by atoms with Gasteiger partial charge in [-0.2, -0.15) is 0 Å². The Morgan fingerprint density at radius 2 is 1.89 bits per heavy atom. The maximum absolute atomic E-state index is 11.4. The fraction of sp³-hybridized carbons (Fsp3) is 0.200. The predicted octanol–water partition coefficient (Wildman–Crippen LogP) is 1.75. The zero-order chi connectivity index (χ0) is 14.1. The summed E-state index contributed by atoms with van der Waals surface area (Å²) in [5.41, 5.74) is 1.46. The minimum atomic E-state index is -0.145. The number of carbonyl (C=O) groups is 2. The van der Waals surface area contributed by atoms with E-state index in [4.69, 9.17) is 0 Å². The van der Waals surface area contributed by atoms with E-state index in [1.807, 2.05) is 19.1 Å². The van der Waals surface area contributed by atoms with Crippen molar-refractivity contribution < 1.29 is 9.59 Å². The smallest absolute Gasteiger partial charge is 0.251 e. The number of rotatable bonds is 5. The Morgan fingerprint density at radius 3 is 2.47 bits per heavy atom. The third-order valence-corrected chi connectivity index (χ3v) is 2.46. The van der Waals surface area contributed by atoms with Crippen molar-refractivity contribution >= 4 is 17.9 Å². The first-order valence-electron chi connectivity index (χ1n) is 6.06. The van der Waals surface area contributed by atoms with Crippen LogP contribution >= 0.6 is 0 Å². The summed E-state index contributed by atoms with van der Waals surface area (Å²) in [5, 5.41) is 5.27. The fourth-order valence-electron chi connectivity index (χ4n) is 1.40. The normalized spacial score (nSPS) is 10.8. The molecule has 1 rings (SSSR count). The van der Waals surface area contributed by atoms with Gasteiger partial charge in [-0.1, -0.05) is 24.3 Å². The number of allylic oxidation sites excluding steroid dienone is 1. The second-order valence-corrected chi connectivity index (χ2v) is 3.85. The third kappa shape index (κ3) is 5.21. The van der Waals surface area contributed by atoms with E-state index in [2.05, 4.69) is 10.6 Å². The number of hydrogen-bond donors (Lipinski definition) is 2. The molecule has 4 nitrogen and oxygen atoms in total. The molecule has 4 heteroatoms. The quantitative estimate of drug-likeness (QED) is 0.624. The minimum absolute atomic E-state index is 0.125. The van der Waals surface area contributed by atoms with Crippen LogP contribution in [0.1, 0.15) is 22.8 Å². The Balaban J connectivity index is 2.57. The van der Waals surface area contributed by atoms with E-state index in [1.54, 1.807) is 37.4 Å². The summed E-state index contributed by atoms with van der Waals surface area (Å²) in [5.74, 6) is -0.270. The average molecular weight is 258 g/mol. The maximum Gasteiger partial charge on any atom is 0.251 e. The van der Waals surface area contributed by atoms with Crippen LogP contribution in [0.15, 0.2) is 42.5 Å². The molecule has 0 spiro atoms. The molecule has 0 aliphatic heterocycles. The van der Waals surface area contributed by atoms with E-state index in [-0.39, 0.29) is 11.8 Å². The molecule has 0 saturated carbocycles. The maximum atomic E-state index is 11.4. The second-order valence-electron chi connectivity index (χ2n) is 3.85. The van der Waals surface area contributed by atoms with Crippen molar-refractivity contribution in [1.82, 2.24) is 10.6 Å². The van der Waals surface area contributed by atoms with Gasteiger partial charge in [-0.05, 0) is 30.7 Å². The highest BCUT2D eigenvalue weighted by molar-refractivity contribution is 5.94.